The summed E-state index contributed by atoms with van der Waals surface area (Å²) in [5.74, 6) is 0.182. The summed E-state index contributed by atoms with van der Waals surface area (Å²) in [5, 5.41) is 5.53. The molecule has 1 aromatic carbocycles. The van der Waals surface area contributed by atoms with Crippen molar-refractivity contribution in [3.63, 3.8) is 0 Å². The molecule has 0 spiro atoms. The lowest BCUT2D eigenvalue weighted by molar-refractivity contribution is 0.0484. The van der Waals surface area contributed by atoms with Crippen LogP contribution in [0.5, 0.6) is 0 Å². The van der Waals surface area contributed by atoms with E-state index < -0.39 is 17.8 Å². The van der Waals surface area contributed by atoms with Gasteiger partial charge in [-0.25, -0.2) is 9.59 Å². The van der Waals surface area contributed by atoms with E-state index in [1.165, 1.54) is 0 Å². The Morgan fingerprint density at radius 3 is 2.32 bits per heavy atom. The summed E-state index contributed by atoms with van der Waals surface area (Å²) in [7, 11) is 0. The SMILES string of the molecule is CC[C@H](C)[C@H](CNC(=O)OCc1ccccc1)NC(=O)OC(C)(C)C. The Balaban J connectivity index is 2.46. The average Bonchev–Trinajstić information content (AvgIpc) is 2.55. The summed E-state index contributed by atoms with van der Waals surface area (Å²) >= 11 is 0. The van der Waals surface area contributed by atoms with Crippen LogP contribution in [0.15, 0.2) is 30.3 Å². The van der Waals surface area contributed by atoms with Gasteiger partial charge in [-0.1, -0.05) is 50.6 Å². The van der Waals surface area contributed by atoms with Crippen molar-refractivity contribution < 1.29 is 19.1 Å². The first-order valence-corrected chi connectivity index (χ1v) is 8.65. The Labute approximate surface area is 150 Å². The van der Waals surface area contributed by atoms with Gasteiger partial charge in [-0.3, -0.25) is 0 Å². The van der Waals surface area contributed by atoms with Gasteiger partial charge in [0.1, 0.15) is 12.2 Å². The van der Waals surface area contributed by atoms with Crippen LogP contribution in [0.2, 0.25) is 0 Å². The smallest absolute Gasteiger partial charge is 0.407 e. The molecule has 0 aliphatic rings. The molecule has 0 bridgehead atoms. The van der Waals surface area contributed by atoms with Gasteiger partial charge in [0.2, 0.25) is 0 Å². The molecular weight excluding hydrogens is 320 g/mol. The highest BCUT2D eigenvalue weighted by Gasteiger charge is 2.23. The summed E-state index contributed by atoms with van der Waals surface area (Å²) in [6.45, 7) is 9.96. The van der Waals surface area contributed by atoms with Crippen molar-refractivity contribution in [3.05, 3.63) is 35.9 Å². The van der Waals surface area contributed by atoms with E-state index in [9.17, 15) is 9.59 Å². The Kier molecular flexibility index (Phi) is 8.25. The van der Waals surface area contributed by atoms with Crippen molar-refractivity contribution in [2.24, 2.45) is 5.92 Å². The lowest BCUT2D eigenvalue weighted by atomic mass is 9.99. The number of alkyl carbamates (subject to hydrolysis) is 2. The molecule has 0 saturated carbocycles. The summed E-state index contributed by atoms with van der Waals surface area (Å²) < 4.78 is 10.5. The molecule has 0 heterocycles. The van der Waals surface area contributed by atoms with Crippen LogP contribution in [0.25, 0.3) is 0 Å². The van der Waals surface area contributed by atoms with E-state index in [1.807, 2.05) is 65.0 Å². The molecule has 0 fully saturated rings. The Hall–Kier alpha value is -2.24. The molecule has 1 aromatic rings. The van der Waals surface area contributed by atoms with Crippen LogP contribution in [0.1, 0.15) is 46.6 Å². The van der Waals surface area contributed by atoms with Crippen molar-refractivity contribution in [2.45, 2.75) is 59.3 Å². The molecule has 0 aliphatic heterocycles. The Morgan fingerprint density at radius 2 is 1.76 bits per heavy atom. The summed E-state index contributed by atoms with van der Waals surface area (Å²) in [5.41, 5.74) is 0.356. The standard InChI is InChI=1S/C19H30N2O4/c1-6-14(2)16(21-18(23)25-19(3,4)5)12-20-17(22)24-13-15-10-8-7-9-11-15/h7-11,14,16H,6,12-13H2,1-5H3,(H,20,22)(H,21,23)/t14-,16-/m0/s1. The van der Waals surface area contributed by atoms with Crippen LogP contribution in [0, 0.1) is 5.92 Å². The number of ether oxygens (including phenoxy) is 2. The second-order valence-corrected chi connectivity index (χ2v) is 7.08. The summed E-state index contributed by atoms with van der Waals surface area (Å²) in [6.07, 6.45) is -0.137. The highest BCUT2D eigenvalue weighted by molar-refractivity contribution is 5.69. The van der Waals surface area contributed by atoms with Crippen molar-refractivity contribution in [1.29, 1.82) is 0 Å². The number of benzene rings is 1. The zero-order valence-corrected chi connectivity index (χ0v) is 15.8. The predicted octanol–water partition coefficient (Wildman–Crippen LogP) is 3.85. The number of amides is 2. The van der Waals surface area contributed by atoms with E-state index in [4.69, 9.17) is 9.47 Å². The number of carbonyl (C=O) groups is 2. The molecule has 25 heavy (non-hydrogen) atoms. The first-order chi connectivity index (χ1) is 11.7. The Bertz CT molecular complexity index is 540. The van der Waals surface area contributed by atoms with E-state index in [2.05, 4.69) is 10.6 Å². The summed E-state index contributed by atoms with van der Waals surface area (Å²) in [6, 6.07) is 9.23. The second kappa shape index (κ2) is 9.91. The molecule has 140 valence electrons. The first-order valence-electron chi connectivity index (χ1n) is 8.65. The van der Waals surface area contributed by atoms with E-state index in [1.54, 1.807) is 0 Å². The minimum Gasteiger partial charge on any atom is -0.445 e. The van der Waals surface area contributed by atoms with Crippen LogP contribution < -0.4 is 10.6 Å². The zero-order valence-electron chi connectivity index (χ0n) is 15.8. The molecule has 2 atom stereocenters. The second-order valence-electron chi connectivity index (χ2n) is 7.08. The molecule has 6 heteroatoms. The van der Waals surface area contributed by atoms with Gasteiger partial charge in [0.15, 0.2) is 0 Å². The quantitative estimate of drug-likeness (QED) is 0.783. The maximum atomic E-state index is 12.0. The fraction of sp³-hybridized carbons (Fsp3) is 0.579. The van der Waals surface area contributed by atoms with E-state index in [0.29, 0.717) is 0 Å². The molecule has 6 nitrogen and oxygen atoms in total. The molecule has 2 N–H and O–H groups in total. The number of rotatable bonds is 7. The normalized spacial score (nSPS) is 13.5. The van der Waals surface area contributed by atoms with Crippen molar-refractivity contribution >= 4 is 12.2 Å². The van der Waals surface area contributed by atoms with E-state index >= 15 is 0 Å². The third-order valence-electron chi connectivity index (χ3n) is 3.71. The minimum absolute atomic E-state index is 0.182. The van der Waals surface area contributed by atoms with Gasteiger partial charge in [0.25, 0.3) is 0 Å². The molecule has 1 rings (SSSR count). The third kappa shape index (κ3) is 8.98. The van der Waals surface area contributed by atoms with Gasteiger partial charge >= 0.3 is 12.2 Å². The van der Waals surface area contributed by atoms with Crippen LogP contribution in [-0.2, 0) is 16.1 Å². The predicted molar refractivity (Wildman–Crippen MR) is 97.2 cm³/mol. The van der Waals surface area contributed by atoms with Crippen LogP contribution >= 0.6 is 0 Å². The van der Waals surface area contributed by atoms with Crippen LogP contribution in [-0.4, -0.2) is 30.4 Å². The average molecular weight is 350 g/mol. The van der Waals surface area contributed by atoms with E-state index in [0.717, 1.165) is 12.0 Å². The fourth-order valence-corrected chi connectivity index (χ4v) is 2.11. The Morgan fingerprint density at radius 1 is 1.12 bits per heavy atom. The van der Waals surface area contributed by atoms with Gasteiger partial charge < -0.3 is 20.1 Å². The maximum Gasteiger partial charge on any atom is 0.407 e. The largest absolute Gasteiger partial charge is 0.445 e. The van der Waals surface area contributed by atoms with E-state index in [-0.39, 0.29) is 25.1 Å². The van der Waals surface area contributed by atoms with Gasteiger partial charge in [-0.05, 0) is 32.3 Å². The molecule has 2 amide bonds. The summed E-state index contributed by atoms with van der Waals surface area (Å²) in [4.78, 5) is 23.8. The monoisotopic (exact) mass is 350 g/mol. The fourth-order valence-electron chi connectivity index (χ4n) is 2.11. The number of hydrogen-bond acceptors (Lipinski definition) is 4. The van der Waals surface area contributed by atoms with Crippen molar-refractivity contribution in [2.75, 3.05) is 6.54 Å². The number of hydrogen-bond donors (Lipinski definition) is 2. The maximum absolute atomic E-state index is 12.0. The van der Waals surface area contributed by atoms with Gasteiger partial charge in [-0.2, -0.15) is 0 Å². The number of carbonyl (C=O) groups excluding carboxylic acids is 2. The highest BCUT2D eigenvalue weighted by atomic mass is 16.6. The lowest BCUT2D eigenvalue weighted by Crippen LogP contribution is -2.48. The zero-order chi connectivity index (χ0) is 18.9. The number of nitrogens with one attached hydrogen (secondary N) is 2. The van der Waals surface area contributed by atoms with Crippen molar-refractivity contribution in [1.82, 2.24) is 10.6 Å². The minimum atomic E-state index is -0.563. The van der Waals surface area contributed by atoms with Crippen LogP contribution in [0.3, 0.4) is 0 Å². The molecule has 0 aromatic heterocycles. The topological polar surface area (TPSA) is 76.7 Å². The molecule has 0 unspecified atom stereocenters. The third-order valence-corrected chi connectivity index (χ3v) is 3.71. The molecule has 0 saturated heterocycles. The molecule has 0 aliphatic carbocycles. The van der Waals surface area contributed by atoms with Crippen molar-refractivity contribution in [3.8, 4) is 0 Å². The lowest BCUT2D eigenvalue weighted by Gasteiger charge is -2.27. The molecular formula is C19H30N2O4. The van der Waals surface area contributed by atoms with Gasteiger partial charge in [0.05, 0.1) is 6.04 Å². The van der Waals surface area contributed by atoms with Gasteiger partial charge in [0, 0.05) is 6.54 Å². The first kappa shape index (κ1) is 20.8. The molecule has 0 radical (unpaired) electrons. The highest BCUT2D eigenvalue weighted by Crippen LogP contribution is 2.11. The van der Waals surface area contributed by atoms with Crippen LogP contribution in [0.4, 0.5) is 9.59 Å². The van der Waals surface area contributed by atoms with Gasteiger partial charge in [-0.15, -0.1) is 0 Å².